The van der Waals surface area contributed by atoms with Crippen LogP contribution in [0.2, 0.25) is 5.02 Å². The van der Waals surface area contributed by atoms with Crippen molar-refractivity contribution in [1.82, 2.24) is 4.90 Å². The first-order valence-corrected chi connectivity index (χ1v) is 15.6. The summed E-state index contributed by atoms with van der Waals surface area (Å²) in [5.74, 6) is -0.262. The van der Waals surface area contributed by atoms with Gasteiger partial charge in [0, 0.05) is 33.8 Å². The minimum absolute atomic E-state index is 0.0233. The number of rotatable bonds is 5. The molecule has 5 rings (SSSR count). The summed E-state index contributed by atoms with van der Waals surface area (Å²) in [6, 6.07) is 16.7. The number of methoxy groups -OCH3 is 1. The number of halogens is 1. The quantitative estimate of drug-likeness (QED) is 0.236. The van der Waals surface area contributed by atoms with E-state index in [0.29, 0.717) is 5.02 Å². The van der Waals surface area contributed by atoms with Crippen LogP contribution in [0.1, 0.15) is 22.0 Å². The largest absolute Gasteiger partial charge is 0.468 e. The topological polar surface area (TPSA) is 138 Å². The SMILES string of the molecule is COC(=O)C(c1ccccc1Cl)N1CCc2sccc2C1.O=S(=O)(O)c1cccc2c(S(=O)(=O)O)cccc12. The van der Waals surface area contributed by atoms with E-state index >= 15 is 0 Å². The van der Waals surface area contributed by atoms with Gasteiger partial charge in [-0.2, -0.15) is 16.8 Å². The minimum atomic E-state index is -4.47. The molecule has 1 unspecified atom stereocenters. The van der Waals surface area contributed by atoms with Gasteiger partial charge in [-0.1, -0.05) is 54.1 Å². The number of hydrogen-bond donors (Lipinski definition) is 2. The Labute approximate surface area is 235 Å². The van der Waals surface area contributed by atoms with Crippen molar-refractivity contribution in [1.29, 1.82) is 0 Å². The first-order valence-electron chi connectivity index (χ1n) is 11.5. The van der Waals surface area contributed by atoms with Crippen LogP contribution in [-0.4, -0.2) is 50.5 Å². The summed E-state index contributed by atoms with van der Waals surface area (Å²) in [7, 11) is -7.51. The highest BCUT2D eigenvalue weighted by atomic mass is 35.5. The molecule has 0 radical (unpaired) electrons. The molecular formula is C26H24ClNO8S3. The number of nitrogens with zero attached hydrogens (tertiary/aromatic N) is 1. The predicted octanol–water partition coefficient (Wildman–Crippen LogP) is 5.01. The molecule has 0 amide bonds. The van der Waals surface area contributed by atoms with E-state index in [1.165, 1.54) is 41.8 Å². The number of fused-ring (bicyclic) bond motifs is 2. The summed E-state index contributed by atoms with van der Waals surface area (Å²) in [6.45, 7) is 1.59. The summed E-state index contributed by atoms with van der Waals surface area (Å²) in [4.78, 5) is 15.0. The molecule has 1 aliphatic heterocycles. The zero-order chi connectivity index (χ0) is 28.4. The maximum atomic E-state index is 12.3. The fraction of sp³-hybridized carbons (Fsp3) is 0.192. The van der Waals surface area contributed by atoms with Crippen molar-refractivity contribution in [3.8, 4) is 0 Å². The van der Waals surface area contributed by atoms with E-state index in [1.54, 1.807) is 11.3 Å². The van der Waals surface area contributed by atoms with Crippen molar-refractivity contribution < 1.29 is 35.5 Å². The highest BCUT2D eigenvalue weighted by Crippen LogP contribution is 2.34. The number of ether oxygens (including phenoxy) is 1. The van der Waals surface area contributed by atoms with Crippen LogP contribution in [0.5, 0.6) is 0 Å². The highest BCUT2D eigenvalue weighted by molar-refractivity contribution is 7.86. The van der Waals surface area contributed by atoms with Crippen molar-refractivity contribution in [2.24, 2.45) is 0 Å². The second-order valence-electron chi connectivity index (χ2n) is 8.59. The van der Waals surface area contributed by atoms with Crippen LogP contribution in [0.25, 0.3) is 10.8 Å². The average Bonchev–Trinajstić information content (AvgIpc) is 3.36. The number of hydrogen-bond acceptors (Lipinski definition) is 8. The molecule has 0 bridgehead atoms. The molecule has 1 atom stereocenters. The van der Waals surface area contributed by atoms with Crippen LogP contribution < -0.4 is 0 Å². The number of carbonyl (C=O) groups excluding carboxylic acids is 1. The summed E-state index contributed by atoms with van der Waals surface area (Å²) < 4.78 is 67.7. The molecule has 1 aliphatic rings. The van der Waals surface area contributed by atoms with Gasteiger partial charge in [-0.3, -0.25) is 14.0 Å². The minimum Gasteiger partial charge on any atom is -0.468 e. The van der Waals surface area contributed by atoms with Gasteiger partial charge in [0.2, 0.25) is 0 Å². The molecule has 0 saturated carbocycles. The van der Waals surface area contributed by atoms with Gasteiger partial charge >= 0.3 is 5.97 Å². The second-order valence-corrected chi connectivity index (χ2v) is 12.8. The van der Waals surface area contributed by atoms with E-state index < -0.39 is 36.1 Å². The lowest BCUT2D eigenvalue weighted by atomic mass is 10.0. The molecule has 4 aromatic rings. The summed E-state index contributed by atoms with van der Waals surface area (Å²) in [5, 5.41) is 2.76. The Hall–Kier alpha value is -2.84. The molecule has 2 heterocycles. The summed E-state index contributed by atoms with van der Waals surface area (Å²) >= 11 is 8.07. The van der Waals surface area contributed by atoms with E-state index in [9.17, 15) is 21.6 Å². The van der Waals surface area contributed by atoms with Crippen LogP contribution in [0, 0.1) is 0 Å². The van der Waals surface area contributed by atoms with Gasteiger partial charge < -0.3 is 4.74 Å². The van der Waals surface area contributed by atoms with Gasteiger partial charge in [0.15, 0.2) is 0 Å². The Kier molecular flexibility index (Phi) is 8.76. The van der Waals surface area contributed by atoms with Gasteiger partial charge in [-0.05, 0) is 47.2 Å². The molecular weight excluding hydrogens is 586 g/mol. The third-order valence-corrected chi connectivity index (χ3v) is 9.42. The molecule has 0 fully saturated rings. The smallest absolute Gasteiger partial charge is 0.327 e. The third kappa shape index (κ3) is 6.49. The molecule has 9 nitrogen and oxygen atoms in total. The molecule has 13 heteroatoms. The number of thiophene rings is 1. The van der Waals surface area contributed by atoms with Crippen molar-refractivity contribution in [3.05, 3.63) is 93.1 Å². The third-order valence-electron chi connectivity index (χ3n) is 6.22. The Morgan fingerprint density at radius 2 is 1.51 bits per heavy atom. The van der Waals surface area contributed by atoms with E-state index in [1.807, 2.05) is 24.3 Å². The van der Waals surface area contributed by atoms with Gasteiger partial charge in [0.25, 0.3) is 20.2 Å². The maximum absolute atomic E-state index is 12.3. The molecule has 0 aliphatic carbocycles. The predicted molar refractivity (Wildman–Crippen MR) is 148 cm³/mol. The lowest BCUT2D eigenvalue weighted by Gasteiger charge is -2.33. The Morgan fingerprint density at radius 1 is 0.923 bits per heavy atom. The van der Waals surface area contributed by atoms with Gasteiger partial charge in [0.1, 0.15) is 15.8 Å². The average molecular weight is 610 g/mol. The molecule has 206 valence electrons. The zero-order valence-electron chi connectivity index (χ0n) is 20.5. The zero-order valence-corrected chi connectivity index (χ0v) is 23.7. The second kappa shape index (κ2) is 11.7. The van der Waals surface area contributed by atoms with E-state index in [0.717, 1.165) is 37.2 Å². The fourth-order valence-electron chi connectivity index (χ4n) is 4.47. The number of carbonyl (C=O) groups is 1. The molecule has 0 spiro atoms. The monoisotopic (exact) mass is 609 g/mol. The highest BCUT2D eigenvalue weighted by Gasteiger charge is 2.32. The van der Waals surface area contributed by atoms with E-state index in [-0.39, 0.29) is 16.7 Å². The normalized spacial score (nSPS) is 14.7. The van der Waals surface area contributed by atoms with Crippen LogP contribution in [0.4, 0.5) is 0 Å². The molecule has 2 N–H and O–H groups in total. The van der Waals surface area contributed by atoms with Crippen molar-refractivity contribution in [2.75, 3.05) is 13.7 Å². The Morgan fingerprint density at radius 3 is 2.05 bits per heavy atom. The first kappa shape index (κ1) is 29.2. The van der Waals surface area contributed by atoms with Crippen LogP contribution >= 0.6 is 22.9 Å². The summed E-state index contributed by atoms with van der Waals surface area (Å²) in [6.07, 6.45) is 0.963. The Bertz CT molecular complexity index is 1660. The molecule has 39 heavy (non-hydrogen) atoms. The van der Waals surface area contributed by atoms with Crippen molar-refractivity contribution >= 4 is 59.9 Å². The molecule has 0 saturated heterocycles. The van der Waals surface area contributed by atoms with Crippen molar-refractivity contribution in [2.45, 2.75) is 28.8 Å². The van der Waals surface area contributed by atoms with Crippen LogP contribution in [0.15, 0.2) is 81.9 Å². The van der Waals surface area contributed by atoms with Gasteiger partial charge in [-0.25, -0.2) is 4.79 Å². The fourth-order valence-corrected chi connectivity index (χ4v) is 7.02. The maximum Gasteiger partial charge on any atom is 0.327 e. The molecule has 3 aromatic carbocycles. The molecule has 1 aromatic heterocycles. The van der Waals surface area contributed by atoms with Crippen LogP contribution in [0.3, 0.4) is 0 Å². The van der Waals surface area contributed by atoms with E-state index in [4.69, 9.17) is 25.4 Å². The lowest BCUT2D eigenvalue weighted by Crippen LogP contribution is -2.38. The summed E-state index contributed by atoms with van der Waals surface area (Å²) in [5.41, 5.74) is 2.11. The Balaban J connectivity index is 0.000000183. The number of esters is 1. The van der Waals surface area contributed by atoms with Crippen LogP contribution in [-0.2, 0) is 42.7 Å². The standard InChI is InChI=1S/C16H16ClNO2S.C10H8O6S2/c1-20-16(19)15(12-4-2-3-5-13(12)17)18-8-6-14-11(10-18)7-9-21-14;11-17(12,13)9-5-1-3-7-8(9)4-2-6-10(7)18(14,15)16/h2-5,7,9,15H,6,8,10H2,1H3;1-6H,(H,11,12,13)(H,14,15,16). The lowest BCUT2D eigenvalue weighted by molar-refractivity contribution is -0.147. The number of benzene rings is 3. The van der Waals surface area contributed by atoms with E-state index in [2.05, 4.69) is 16.3 Å². The van der Waals surface area contributed by atoms with Crippen molar-refractivity contribution in [3.63, 3.8) is 0 Å². The first-order chi connectivity index (χ1) is 18.4. The van der Waals surface area contributed by atoms with Gasteiger partial charge in [-0.15, -0.1) is 11.3 Å². The van der Waals surface area contributed by atoms with Gasteiger partial charge in [0.05, 0.1) is 7.11 Å².